The number of benzene rings is 1. The molecule has 0 spiro atoms. The van der Waals surface area contributed by atoms with Crippen LogP contribution >= 0.6 is 35.4 Å². The molecule has 0 fully saturated rings. The lowest BCUT2D eigenvalue weighted by atomic mass is 10.2. The highest BCUT2D eigenvalue weighted by atomic mass is 35.5. The van der Waals surface area contributed by atoms with Gasteiger partial charge in [0.25, 0.3) is 0 Å². The summed E-state index contributed by atoms with van der Waals surface area (Å²) in [6, 6.07) is 3.04. The van der Waals surface area contributed by atoms with E-state index in [-0.39, 0.29) is 15.7 Å². The lowest BCUT2D eigenvalue weighted by Gasteiger charge is -2.13. The van der Waals surface area contributed by atoms with Crippen LogP contribution < -0.4 is 11.5 Å². The van der Waals surface area contributed by atoms with E-state index >= 15 is 0 Å². The first kappa shape index (κ1) is 19.1. The third kappa shape index (κ3) is 3.42. The minimum absolute atomic E-state index is 0.0318. The zero-order valence-corrected chi connectivity index (χ0v) is 15.0. The average Bonchev–Trinajstić information content (AvgIpc) is 2.74. The van der Waals surface area contributed by atoms with Crippen molar-refractivity contribution in [2.45, 2.75) is 17.3 Å². The van der Waals surface area contributed by atoms with Crippen LogP contribution in [0, 0.1) is 6.92 Å². The fourth-order valence-electron chi connectivity index (χ4n) is 1.94. The zero-order valence-electron chi connectivity index (χ0n) is 11.8. The van der Waals surface area contributed by atoms with Gasteiger partial charge in [-0.3, -0.25) is 0 Å². The molecule has 0 aliphatic rings. The largest absolute Gasteiger partial charge is 0.604 e. The highest BCUT2D eigenvalue weighted by molar-refractivity contribution is 7.92. The molecule has 0 radical (unpaired) electrons. The number of hydrogen-bond acceptors (Lipinski definition) is 4. The molecular weight excluding hydrogens is 408 g/mol. The van der Waals surface area contributed by atoms with E-state index in [4.69, 9.17) is 34.7 Å². The Kier molecular flexibility index (Phi) is 5.26. The molecular formula is C12H9Cl2F3N4OS2. The van der Waals surface area contributed by atoms with E-state index in [1.165, 1.54) is 12.1 Å². The lowest BCUT2D eigenvalue weighted by molar-refractivity contribution is -0.0435. The lowest BCUT2D eigenvalue weighted by Crippen LogP contribution is -2.26. The van der Waals surface area contributed by atoms with Crippen LogP contribution in [0.2, 0.25) is 10.0 Å². The summed E-state index contributed by atoms with van der Waals surface area (Å²) in [5.41, 5.74) is 6.28. The van der Waals surface area contributed by atoms with Crippen LogP contribution in [0.25, 0.3) is 5.69 Å². The highest BCUT2D eigenvalue weighted by Crippen LogP contribution is 2.39. The molecule has 0 aliphatic heterocycles. The fraction of sp³-hybridized carbons (Fsp3) is 0.167. The maximum Gasteiger partial charge on any atom is 0.578 e. The summed E-state index contributed by atoms with van der Waals surface area (Å²) >= 11 is 13.4. The Balaban J connectivity index is 2.78. The Morgan fingerprint density at radius 2 is 1.83 bits per heavy atom. The van der Waals surface area contributed by atoms with Crippen molar-refractivity contribution in [2.75, 3.05) is 5.73 Å². The quantitative estimate of drug-likeness (QED) is 0.591. The number of nitrogen functional groups attached to an aromatic ring is 1. The summed E-state index contributed by atoms with van der Waals surface area (Å²) in [6.07, 6.45) is 0. The average molecular weight is 417 g/mol. The number of hydrogen-bond donors (Lipinski definition) is 2. The summed E-state index contributed by atoms with van der Waals surface area (Å²) in [5.74, 6) is -0.568. The molecule has 1 unspecified atom stereocenters. The van der Waals surface area contributed by atoms with Crippen LogP contribution in [0.3, 0.4) is 0 Å². The normalized spacial score (nSPS) is 13.1. The number of halogens is 5. The summed E-state index contributed by atoms with van der Waals surface area (Å²) in [6.45, 7) is 1.72. The van der Waals surface area contributed by atoms with E-state index in [0.717, 1.165) is 4.68 Å². The van der Waals surface area contributed by atoms with E-state index in [1.54, 1.807) is 6.92 Å². The van der Waals surface area contributed by atoms with Gasteiger partial charge in [-0.25, -0.2) is 4.68 Å². The second-order valence-electron chi connectivity index (χ2n) is 4.63. The van der Waals surface area contributed by atoms with Gasteiger partial charge in [0.1, 0.15) is 21.9 Å². The molecule has 0 saturated heterocycles. The first-order valence-electron chi connectivity index (χ1n) is 6.08. The number of alkyl halides is 3. The molecule has 1 aromatic heterocycles. The Morgan fingerprint density at radius 3 is 2.25 bits per heavy atom. The molecule has 2 aromatic rings. The van der Waals surface area contributed by atoms with Crippen molar-refractivity contribution in [3.63, 3.8) is 0 Å². The Morgan fingerprint density at radius 1 is 1.33 bits per heavy atom. The first-order valence-corrected chi connectivity index (χ1v) is 8.39. The molecule has 0 bridgehead atoms. The van der Waals surface area contributed by atoms with Crippen molar-refractivity contribution in [3.8, 4) is 5.69 Å². The van der Waals surface area contributed by atoms with Gasteiger partial charge in [-0.1, -0.05) is 35.4 Å². The maximum atomic E-state index is 12.9. The third-order valence-electron chi connectivity index (χ3n) is 2.88. The van der Waals surface area contributed by atoms with Crippen molar-refractivity contribution in [3.05, 3.63) is 33.4 Å². The second kappa shape index (κ2) is 6.60. The van der Waals surface area contributed by atoms with Crippen LogP contribution in [-0.2, 0) is 11.2 Å². The van der Waals surface area contributed by atoms with Crippen LogP contribution in [0.15, 0.2) is 17.0 Å². The van der Waals surface area contributed by atoms with Gasteiger partial charge in [-0.05, 0) is 24.6 Å². The third-order valence-corrected chi connectivity index (χ3v) is 4.84. The van der Waals surface area contributed by atoms with Crippen LogP contribution in [0.4, 0.5) is 19.0 Å². The van der Waals surface area contributed by atoms with Crippen molar-refractivity contribution in [1.82, 2.24) is 9.78 Å². The minimum atomic E-state index is -5.07. The topological polar surface area (TPSA) is 92.9 Å². The Labute approximate surface area is 152 Å². The predicted octanol–water partition coefficient (Wildman–Crippen LogP) is 3.33. The molecule has 130 valence electrons. The Bertz CT molecular complexity index is 802. The van der Waals surface area contributed by atoms with Crippen LogP contribution in [0.1, 0.15) is 11.3 Å². The van der Waals surface area contributed by atoms with E-state index in [1.807, 2.05) is 0 Å². The summed E-state index contributed by atoms with van der Waals surface area (Å²) in [4.78, 5) is -1.32. The number of aromatic nitrogens is 2. The number of aryl methyl sites for hydroxylation is 1. The van der Waals surface area contributed by atoms with Gasteiger partial charge in [0.15, 0.2) is 11.5 Å². The van der Waals surface area contributed by atoms with Gasteiger partial charge in [0.05, 0.1) is 10.0 Å². The monoisotopic (exact) mass is 416 g/mol. The number of anilines is 1. The summed E-state index contributed by atoms with van der Waals surface area (Å²) in [5, 5.41) is 4.01. The van der Waals surface area contributed by atoms with Gasteiger partial charge in [0, 0.05) is 0 Å². The number of nitrogens with zero attached hydrogens (tertiary/aromatic N) is 2. The smallest absolute Gasteiger partial charge is 0.578 e. The molecule has 0 amide bonds. The predicted molar refractivity (Wildman–Crippen MR) is 91.1 cm³/mol. The van der Waals surface area contributed by atoms with Gasteiger partial charge < -0.3 is 16.0 Å². The van der Waals surface area contributed by atoms with Crippen LogP contribution in [0.5, 0.6) is 0 Å². The van der Waals surface area contributed by atoms with Gasteiger partial charge in [0.2, 0.25) is 4.90 Å². The SMILES string of the molecule is Cc1cc(Cl)c(-n2nc(C(N)=S)c([S+]([O-])C(F)(F)F)c2N)c(Cl)c1. The van der Waals surface area contributed by atoms with E-state index < -0.39 is 38.1 Å². The number of nitrogens with two attached hydrogens (primary N) is 2. The molecule has 0 saturated carbocycles. The van der Waals surface area contributed by atoms with E-state index in [9.17, 15) is 17.7 Å². The van der Waals surface area contributed by atoms with E-state index in [2.05, 4.69) is 17.3 Å². The molecule has 1 atom stereocenters. The molecule has 12 heteroatoms. The minimum Gasteiger partial charge on any atom is -0.604 e. The van der Waals surface area contributed by atoms with Gasteiger partial charge in [-0.2, -0.15) is 5.10 Å². The molecule has 2 rings (SSSR count). The van der Waals surface area contributed by atoms with Crippen molar-refractivity contribution in [1.29, 1.82) is 0 Å². The Hall–Kier alpha value is -1.20. The molecule has 5 nitrogen and oxygen atoms in total. The highest BCUT2D eigenvalue weighted by Gasteiger charge is 2.50. The fourth-order valence-corrected chi connectivity index (χ4v) is 3.74. The number of rotatable bonds is 3. The summed E-state index contributed by atoms with van der Waals surface area (Å²) in [7, 11) is 0. The molecule has 0 aliphatic carbocycles. The molecule has 1 heterocycles. The second-order valence-corrected chi connectivity index (χ2v) is 7.29. The maximum absolute atomic E-state index is 12.9. The van der Waals surface area contributed by atoms with Crippen molar-refractivity contribution in [2.24, 2.45) is 5.73 Å². The van der Waals surface area contributed by atoms with Gasteiger partial charge in [-0.15, -0.1) is 13.2 Å². The molecule has 1 aromatic carbocycles. The first-order chi connectivity index (χ1) is 10.9. The molecule has 4 N–H and O–H groups in total. The summed E-state index contributed by atoms with van der Waals surface area (Å²) < 4.78 is 51.2. The molecule has 24 heavy (non-hydrogen) atoms. The van der Waals surface area contributed by atoms with Crippen molar-refractivity contribution < 1.29 is 17.7 Å². The van der Waals surface area contributed by atoms with Crippen molar-refractivity contribution >= 4 is 57.4 Å². The van der Waals surface area contributed by atoms with Gasteiger partial charge >= 0.3 is 5.51 Å². The van der Waals surface area contributed by atoms with E-state index in [0.29, 0.717) is 5.56 Å². The standard InChI is InChI=1S/C12H9Cl2F3N4OS2/c1-4-2-5(13)8(6(14)3-4)21-10(18)9(7(20-21)11(19)23)24(22)12(15,16)17/h2-3H,18H2,1H3,(H2,19,23). The number of thiocarbonyl (C=S) groups is 1. The van der Waals surface area contributed by atoms with Crippen LogP contribution in [-0.4, -0.2) is 24.8 Å². The zero-order chi connectivity index (χ0) is 18.4.